The van der Waals surface area contributed by atoms with Gasteiger partial charge in [0.2, 0.25) is 0 Å². The molecule has 0 radical (unpaired) electrons. The number of carboxylic acids is 1. The van der Waals surface area contributed by atoms with E-state index in [9.17, 15) is 9.90 Å². The van der Waals surface area contributed by atoms with Crippen molar-refractivity contribution in [3.63, 3.8) is 0 Å². The van der Waals surface area contributed by atoms with E-state index in [-0.39, 0.29) is 10.8 Å². The van der Waals surface area contributed by atoms with Crippen LogP contribution in [-0.4, -0.2) is 11.1 Å². The number of benzene rings is 1. The first kappa shape index (κ1) is 17.8. The molecule has 0 aromatic heterocycles. The van der Waals surface area contributed by atoms with Crippen molar-refractivity contribution in [2.75, 3.05) is 0 Å². The van der Waals surface area contributed by atoms with Gasteiger partial charge in [-0.05, 0) is 97.0 Å². The number of hydrogen-bond donors (Lipinski definition) is 1. The lowest BCUT2D eigenvalue weighted by atomic mass is 9.61. The Kier molecular flexibility index (Phi) is 4.01. The summed E-state index contributed by atoms with van der Waals surface area (Å²) in [6.07, 6.45) is 12.5. The van der Waals surface area contributed by atoms with E-state index in [1.165, 1.54) is 62.5 Å². The summed E-state index contributed by atoms with van der Waals surface area (Å²) in [7, 11) is 0. The number of carbonyl (C=O) groups is 1. The highest BCUT2D eigenvalue weighted by molar-refractivity contribution is 5.92. The molecule has 4 fully saturated rings. The highest BCUT2D eigenvalue weighted by Crippen LogP contribution is 2.62. The second-order valence-corrected chi connectivity index (χ2v) is 10.2. The predicted octanol–water partition coefficient (Wildman–Crippen LogP) is 6.32. The van der Waals surface area contributed by atoms with Gasteiger partial charge in [0.1, 0.15) is 0 Å². The summed E-state index contributed by atoms with van der Waals surface area (Å²) in [5, 5.41) is 10.4. The highest BCUT2D eigenvalue weighted by Gasteiger charge is 2.55. The minimum Gasteiger partial charge on any atom is -0.478 e. The van der Waals surface area contributed by atoms with Crippen LogP contribution >= 0.6 is 0 Å². The summed E-state index contributed by atoms with van der Waals surface area (Å²) in [5.74, 6) is 2.36. The fraction of sp³-hybridized carbons (Fsp3) is 0.720. The first-order chi connectivity index (χ1) is 13.0. The Morgan fingerprint density at radius 3 is 1.70 bits per heavy atom. The molecule has 0 amide bonds. The number of hydrogen-bond acceptors (Lipinski definition) is 1. The van der Waals surface area contributed by atoms with Gasteiger partial charge in [0, 0.05) is 0 Å². The summed E-state index contributed by atoms with van der Waals surface area (Å²) in [6, 6.07) is 6.57. The summed E-state index contributed by atoms with van der Waals surface area (Å²) >= 11 is 0. The van der Waals surface area contributed by atoms with Crippen LogP contribution in [0.1, 0.15) is 99.5 Å². The first-order valence-electron chi connectivity index (χ1n) is 11.4. The molecular weight excluding hydrogens is 332 g/mol. The SMILES string of the molecule is CCC1(c2cccc(C3(CC)CC4CCC3C4)c2C(=O)O)CC2CCC1C2. The normalized spacial score (nSPS) is 42.1. The zero-order valence-corrected chi connectivity index (χ0v) is 17.0. The monoisotopic (exact) mass is 366 g/mol. The van der Waals surface area contributed by atoms with E-state index in [1.807, 2.05) is 0 Å². The van der Waals surface area contributed by atoms with Crippen molar-refractivity contribution in [1.29, 1.82) is 0 Å². The summed E-state index contributed by atoms with van der Waals surface area (Å²) in [5.41, 5.74) is 3.31. The Labute approximate surface area is 163 Å². The van der Waals surface area contributed by atoms with Gasteiger partial charge < -0.3 is 5.11 Å². The third kappa shape index (κ3) is 2.28. The maximum absolute atomic E-state index is 12.7. The molecule has 4 aliphatic carbocycles. The van der Waals surface area contributed by atoms with Crippen molar-refractivity contribution >= 4 is 5.97 Å². The van der Waals surface area contributed by atoms with Crippen molar-refractivity contribution in [1.82, 2.24) is 0 Å². The molecule has 27 heavy (non-hydrogen) atoms. The fourth-order valence-electron chi connectivity index (χ4n) is 8.41. The molecule has 0 heterocycles. The van der Waals surface area contributed by atoms with Crippen molar-refractivity contribution in [3.05, 3.63) is 34.9 Å². The topological polar surface area (TPSA) is 37.3 Å². The molecule has 6 atom stereocenters. The van der Waals surface area contributed by atoms with Gasteiger partial charge in [-0.3, -0.25) is 0 Å². The number of rotatable bonds is 5. The first-order valence-corrected chi connectivity index (χ1v) is 11.4. The quantitative estimate of drug-likeness (QED) is 0.662. The van der Waals surface area contributed by atoms with Crippen LogP contribution in [0.5, 0.6) is 0 Å². The van der Waals surface area contributed by atoms with E-state index in [4.69, 9.17) is 0 Å². The van der Waals surface area contributed by atoms with Crippen molar-refractivity contribution in [3.8, 4) is 0 Å². The summed E-state index contributed by atoms with van der Waals surface area (Å²) in [6.45, 7) is 4.60. The van der Waals surface area contributed by atoms with Crippen molar-refractivity contribution < 1.29 is 9.90 Å². The molecule has 1 aromatic rings. The minimum absolute atomic E-state index is 0.110. The minimum atomic E-state index is -0.674. The molecule has 0 aliphatic heterocycles. The standard InChI is InChI=1S/C25H34O2/c1-3-24(14-16-8-10-18(24)12-16)20-6-5-7-21(22(20)23(26)27)25(4-2)15-17-9-11-19(25)13-17/h5-7,16-19H,3-4,8-15H2,1-2H3,(H,26,27). The molecule has 5 rings (SSSR count). The fourth-order valence-corrected chi connectivity index (χ4v) is 8.41. The van der Waals surface area contributed by atoms with E-state index in [2.05, 4.69) is 32.0 Å². The van der Waals surface area contributed by atoms with E-state index in [1.54, 1.807) is 0 Å². The van der Waals surface area contributed by atoms with Crippen LogP contribution in [0, 0.1) is 23.7 Å². The predicted molar refractivity (Wildman–Crippen MR) is 108 cm³/mol. The van der Waals surface area contributed by atoms with Crippen LogP contribution in [0.15, 0.2) is 18.2 Å². The van der Waals surface area contributed by atoms with Crippen LogP contribution in [-0.2, 0) is 10.8 Å². The van der Waals surface area contributed by atoms with Crippen molar-refractivity contribution in [2.24, 2.45) is 23.7 Å². The van der Waals surface area contributed by atoms with Gasteiger partial charge in [-0.1, -0.05) is 44.9 Å². The molecule has 1 N–H and O–H groups in total. The van der Waals surface area contributed by atoms with Gasteiger partial charge in [0.25, 0.3) is 0 Å². The Hall–Kier alpha value is -1.31. The number of carboxylic acid groups (broad SMARTS) is 1. The zero-order valence-electron chi connectivity index (χ0n) is 17.0. The maximum atomic E-state index is 12.7. The van der Waals surface area contributed by atoms with Crippen LogP contribution in [0.2, 0.25) is 0 Å². The molecule has 0 saturated heterocycles. The van der Waals surface area contributed by atoms with Crippen LogP contribution in [0.3, 0.4) is 0 Å². The zero-order chi connectivity index (χ0) is 18.8. The Bertz CT molecular complexity index is 713. The lowest BCUT2D eigenvalue weighted by molar-refractivity contribution is 0.0686. The smallest absolute Gasteiger partial charge is 0.336 e. The Morgan fingerprint density at radius 1 is 0.926 bits per heavy atom. The largest absolute Gasteiger partial charge is 0.478 e. The van der Waals surface area contributed by atoms with Gasteiger partial charge in [0.05, 0.1) is 5.56 Å². The average molecular weight is 367 g/mol. The van der Waals surface area contributed by atoms with Crippen molar-refractivity contribution in [2.45, 2.75) is 88.9 Å². The van der Waals surface area contributed by atoms with Crippen LogP contribution in [0.25, 0.3) is 0 Å². The Morgan fingerprint density at radius 2 is 1.41 bits per heavy atom. The lowest BCUT2D eigenvalue weighted by Gasteiger charge is -2.42. The molecule has 4 aliphatic rings. The summed E-state index contributed by atoms with van der Waals surface area (Å²) < 4.78 is 0. The van der Waals surface area contributed by atoms with Crippen LogP contribution < -0.4 is 0 Å². The average Bonchev–Trinajstić information content (AvgIpc) is 3.47. The highest BCUT2D eigenvalue weighted by atomic mass is 16.4. The third-order valence-corrected chi connectivity index (χ3v) is 9.56. The summed E-state index contributed by atoms with van der Waals surface area (Å²) in [4.78, 5) is 12.7. The second-order valence-electron chi connectivity index (χ2n) is 10.2. The molecule has 2 heteroatoms. The van der Waals surface area contributed by atoms with Gasteiger partial charge in [-0.15, -0.1) is 0 Å². The van der Waals surface area contributed by atoms with E-state index >= 15 is 0 Å². The molecule has 2 nitrogen and oxygen atoms in total. The van der Waals surface area contributed by atoms with Crippen LogP contribution in [0.4, 0.5) is 0 Å². The van der Waals surface area contributed by atoms with Gasteiger partial charge >= 0.3 is 5.97 Å². The van der Waals surface area contributed by atoms with Gasteiger partial charge in [-0.2, -0.15) is 0 Å². The second kappa shape index (κ2) is 6.09. The van der Waals surface area contributed by atoms with E-state index in [0.717, 1.165) is 24.7 Å². The maximum Gasteiger partial charge on any atom is 0.336 e. The Balaban J connectivity index is 1.69. The number of fused-ring (bicyclic) bond motifs is 4. The molecule has 4 bridgehead atoms. The molecule has 6 unspecified atom stereocenters. The lowest BCUT2D eigenvalue weighted by Crippen LogP contribution is -2.38. The third-order valence-electron chi connectivity index (χ3n) is 9.56. The number of aromatic carboxylic acids is 1. The van der Waals surface area contributed by atoms with E-state index in [0.29, 0.717) is 17.4 Å². The molecule has 4 saturated carbocycles. The molecule has 146 valence electrons. The van der Waals surface area contributed by atoms with E-state index < -0.39 is 5.97 Å². The van der Waals surface area contributed by atoms with Gasteiger partial charge in [-0.25, -0.2) is 4.79 Å². The molecular formula is C25H34O2. The molecule has 0 spiro atoms. The van der Waals surface area contributed by atoms with Gasteiger partial charge in [0.15, 0.2) is 0 Å². The molecule has 1 aromatic carbocycles.